The maximum Gasteiger partial charge on any atom is 0.323 e. The molecule has 1 aromatic carbocycles. The van der Waals surface area contributed by atoms with Gasteiger partial charge < -0.3 is 34.6 Å². The van der Waals surface area contributed by atoms with Crippen molar-refractivity contribution in [2.45, 2.75) is 83.4 Å². The number of carbonyl (C=O) groups is 5. The van der Waals surface area contributed by atoms with Crippen LogP contribution in [-0.4, -0.2) is 108 Å². The topological polar surface area (TPSA) is 222 Å². The van der Waals surface area contributed by atoms with E-state index in [0.717, 1.165) is 54.6 Å². The van der Waals surface area contributed by atoms with Crippen LogP contribution in [0.1, 0.15) is 90.5 Å². The van der Waals surface area contributed by atoms with Crippen LogP contribution in [0.3, 0.4) is 0 Å². The molecule has 3 N–H and O–H groups in total. The van der Waals surface area contributed by atoms with Crippen LogP contribution in [0, 0.1) is 6.92 Å². The number of anilines is 3. The lowest BCUT2D eigenvalue weighted by Crippen LogP contribution is -2.52. The summed E-state index contributed by atoms with van der Waals surface area (Å²) in [4.78, 5) is 82.4. The Kier molecular flexibility index (Phi) is 11.1. The molecule has 19 nitrogen and oxygen atoms in total. The second-order valence-corrected chi connectivity index (χ2v) is 15.8. The van der Waals surface area contributed by atoms with Crippen molar-refractivity contribution in [2.75, 3.05) is 48.3 Å². The number of carbonyl (C=O) groups excluding carboxylic acids is 5. The normalized spacial score (nSPS) is 19.1. The lowest BCUT2D eigenvalue weighted by Gasteiger charge is -2.36. The molecule has 19 heteroatoms. The van der Waals surface area contributed by atoms with Crippen LogP contribution in [0.15, 0.2) is 53.4 Å². The first-order valence-electron chi connectivity index (χ1n) is 20.8. The van der Waals surface area contributed by atoms with Gasteiger partial charge in [0.2, 0.25) is 29.4 Å². The number of piperidine rings is 1. The minimum absolute atomic E-state index is 0.132. The number of nitrogens with one attached hydrogen (secondary N) is 3. The number of hydrogen-bond donors (Lipinski definition) is 3. The smallest absolute Gasteiger partial charge is 0.323 e. The molecule has 0 radical (unpaired) electrons. The van der Waals surface area contributed by atoms with E-state index in [1.54, 1.807) is 40.1 Å². The van der Waals surface area contributed by atoms with Crippen LogP contribution >= 0.6 is 0 Å². The Morgan fingerprint density at radius 1 is 0.967 bits per heavy atom. The van der Waals surface area contributed by atoms with Gasteiger partial charge in [-0.05, 0) is 74.4 Å². The highest BCUT2D eigenvalue weighted by Gasteiger charge is 2.39. The predicted octanol–water partition coefficient (Wildman–Crippen LogP) is 4.19. The maximum absolute atomic E-state index is 13.1. The number of nitrogens with zero attached hydrogens (tertiary/aromatic N) is 9. The number of ether oxygens (including phenoxy) is 1. The van der Waals surface area contributed by atoms with E-state index in [0.29, 0.717) is 98.6 Å². The highest BCUT2D eigenvalue weighted by Crippen LogP contribution is 2.34. The Morgan fingerprint density at radius 3 is 2.64 bits per heavy atom. The van der Waals surface area contributed by atoms with Crippen LogP contribution in [0.2, 0.25) is 0 Å². The van der Waals surface area contributed by atoms with Crippen molar-refractivity contribution >= 4 is 52.4 Å². The minimum Gasteiger partial charge on any atom is -0.372 e. The van der Waals surface area contributed by atoms with Crippen LogP contribution in [-0.2, 0) is 32.1 Å². The fraction of sp³-hybridized carbons (Fsp3) is 0.429. The maximum atomic E-state index is 13.1. The Bertz CT molecular complexity index is 2500. The molecule has 9 rings (SSSR count). The van der Waals surface area contributed by atoms with Gasteiger partial charge in [-0.1, -0.05) is 11.6 Å². The minimum atomic E-state index is -0.645. The van der Waals surface area contributed by atoms with E-state index >= 15 is 0 Å². The Balaban J connectivity index is 0.701. The summed E-state index contributed by atoms with van der Waals surface area (Å²) in [6, 6.07) is 8.24. The molecule has 4 aromatic heterocycles. The van der Waals surface area contributed by atoms with Crippen molar-refractivity contribution in [1.82, 2.24) is 44.8 Å². The van der Waals surface area contributed by atoms with E-state index in [9.17, 15) is 24.0 Å². The van der Waals surface area contributed by atoms with Gasteiger partial charge in [-0.3, -0.25) is 29.5 Å². The molecular weight excluding hydrogens is 785 g/mol. The van der Waals surface area contributed by atoms with Crippen molar-refractivity contribution < 1.29 is 33.2 Å². The van der Waals surface area contributed by atoms with Crippen LogP contribution < -0.4 is 20.9 Å². The summed E-state index contributed by atoms with van der Waals surface area (Å²) >= 11 is 0. The molecule has 2 atom stereocenters. The van der Waals surface area contributed by atoms with Crippen molar-refractivity contribution in [3.05, 3.63) is 77.2 Å². The number of benzene rings is 1. The summed E-state index contributed by atoms with van der Waals surface area (Å²) in [5, 5.41) is 16.6. The third kappa shape index (κ3) is 8.37. The number of piperazine rings is 1. The molecular formula is C42H46N12O7. The quantitative estimate of drug-likeness (QED) is 0.119. The average molecular weight is 831 g/mol. The molecule has 0 bridgehead atoms. The van der Waals surface area contributed by atoms with Crippen molar-refractivity contribution in [3.63, 3.8) is 0 Å². The molecule has 4 aliphatic rings. The zero-order valence-electron chi connectivity index (χ0n) is 33.8. The molecule has 8 heterocycles. The third-order valence-electron chi connectivity index (χ3n) is 11.7. The summed E-state index contributed by atoms with van der Waals surface area (Å²) in [6.45, 7) is 5.41. The highest BCUT2D eigenvalue weighted by atomic mass is 16.5. The molecule has 5 aromatic rings. The Hall–Kier alpha value is -6.76. The second-order valence-electron chi connectivity index (χ2n) is 15.8. The number of pyridine rings is 1. The second kappa shape index (κ2) is 17.1. The predicted molar refractivity (Wildman–Crippen MR) is 219 cm³/mol. The number of aryl methyl sites for hydroxylation is 2. The lowest BCUT2D eigenvalue weighted by atomic mass is 10.0. The summed E-state index contributed by atoms with van der Waals surface area (Å²) < 4.78 is 13.1. The number of fused-ring (bicyclic) bond motifs is 2. The number of hydrogen-bond acceptors (Lipinski definition) is 13. The average Bonchev–Trinajstić information content (AvgIpc) is 4.10. The van der Waals surface area contributed by atoms with E-state index in [4.69, 9.17) is 9.26 Å². The number of urea groups is 1. The third-order valence-corrected chi connectivity index (χ3v) is 11.7. The van der Waals surface area contributed by atoms with Gasteiger partial charge in [0.1, 0.15) is 17.8 Å². The van der Waals surface area contributed by atoms with E-state index in [2.05, 4.69) is 46.1 Å². The molecule has 316 valence electrons. The monoisotopic (exact) mass is 830 g/mol. The summed E-state index contributed by atoms with van der Waals surface area (Å²) in [5.41, 5.74) is 6.16. The van der Waals surface area contributed by atoms with E-state index in [1.165, 1.54) is 0 Å². The molecule has 0 aliphatic carbocycles. The molecule has 2 unspecified atom stereocenters. The largest absolute Gasteiger partial charge is 0.372 e. The van der Waals surface area contributed by atoms with Gasteiger partial charge in [0.15, 0.2) is 5.65 Å². The number of rotatable bonds is 12. The van der Waals surface area contributed by atoms with Gasteiger partial charge in [-0.15, -0.1) is 0 Å². The fourth-order valence-electron chi connectivity index (χ4n) is 8.56. The van der Waals surface area contributed by atoms with Gasteiger partial charge in [0.05, 0.1) is 35.7 Å². The summed E-state index contributed by atoms with van der Waals surface area (Å²) in [7, 11) is 0. The summed E-state index contributed by atoms with van der Waals surface area (Å²) in [6.07, 6.45) is 10.3. The van der Waals surface area contributed by atoms with Gasteiger partial charge in [-0.25, -0.2) is 14.3 Å². The standard InChI is InChI=1S/C42H46N12O7/c1-25-20-27(46-42(59)47-30-23-43-33-13-14-45-54(33)38(30)32-6-5-19-60-32)22-44-37(25)39-49-35(61-50-39)7-3-2-4-8-36(56)52-17-15-51(16-18-52)28-9-10-29-26(21-28)24-53(41(29)58)31-11-12-34(55)48-40(31)57/h9-10,13-14,20-23,31-32H,2-8,11-12,15-19,24H2,1H3,(H2,46,47,59)(H,48,55,57). The van der Waals surface area contributed by atoms with Crippen LogP contribution in [0.25, 0.3) is 17.2 Å². The number of unbranched alkanes of at least 4 members (excludes halogenated alkanes) is 2. The fourth-order valence-corrected chi connectivity index (χ4v) is 8.56. The number of aromatic nitrogens is 6. The first-order chi connectivity index (χ1) is 29.7. The van der Waals surface area contributed by atoms with Gasteiger partial charge in [-0.2, -0.15) is 10.1 Å². The first kappa shape index (κ1) is 39.7. The zero-order valence-corrected chi connectivity index (χ0v) is 33.8. The molecule has 0 spiro atoms. The van der Waals surface area contributed by atoms with Crippen molar-refractivity contribution in [2.24, 2.45) is 0 Å². The molecule has 6 amide bonds. The van der Waals surface area contributed by atoms with Crippen molar-refractivity contribution in [3.8, 4) is 11.5 Å². The molecule has 4 aliphatic heterocycles. The molecule has 3 fully saturated rings. The number of amides is 6. The zero-order chi connectivity index (χ0) is 42.0. The Morgan fingerprint density at radius 2 is 1.84 bits per heavy atom. The van der Waals surface area contributed by atoms with E-state index in [1.807, 2.05) is 30.0 Å². The van der Waals surface area contributed by atoms with Crippen molar-refractivity contribution in [1.29, 1.82) is 0 Å². The summed E-state index contributed by atoms with van der Waals surface area (Å²) in [5.74, 6) is 0.0645. The van der Waals surface area contributed by atoms with Crippen LogP contribution in [0.4, 0.5) is 21.9 Å². The van der Waals surface area contributed by atoms with E-state index in [-0.39, 0.29) is 30.2 Å². The number of imide groups is 1. The van der Waals surface area contributed by atoms with Gasteiger partial charge >= 0.3 is 6.03 Å². The van der Waals surface area contributed by atoms with Crippen LogP contribution in [0.5, 0.6) is 0 Å². The molecule has 61 heavy (non-hydrogen) atoms. The molecule has 3 saturated heterocycles. The van der Waals surface area contributed by atoms with E-state index < -0.39 is 18.0 Å². The van der Waals surface area contributed by atoms with Gasteiger partial charge in [0, 0.05) is 75.9 Å². The highest BCUT2D eigenvalue weighted by molar-refractivity contribution is 6.05. The SMILES string of the molecule is Cc1cc(NC(=O)Nc2cnc3ccnn3c2C2CCCO2)cnc1-c1noc(CCCCCC(=O)N2CCN(c3ccc4c(c3)CN(C3CCC(=O)NC3=O)C4=O)CC2)n1. The lowest BCUT2D eigenvalue weighted by molar-refractivity contribution is -0.137. The Labute approximate surface area is 350 Å². The molecule has 0 saturated carbocycles. The van der Waals surface area contributed by atoms with Gasteiger partial charge in [0.25, 0.3) is 5.91 Å². The first-order valence-corrected chi connectivity index (χ1v) is 20.8.